The van der Waals surface area contributed by atoms with E-state index in [9.17, 15) is 9.90 Å². The van der Waals surface area contributed by atoms with E-state index >= 15 is 0 Å². The predicted molar refractivity (Wildman–Crippen MR) is 155 cm³/mol. The Morgan fingerprint density at radius 3 is 2.24 bits per heavy atom. The summed E-state index contributed by atoms with van der Waals surface area (Å²) in [5, 5.41) is 14.7. The average molecular weight is 546 g/mol. The largest absolute Gasteiger partial charge is 0.871 e. The number of anilines is 1. The molecule has 0 spiro atoms. The van der Waals surface area contributed by atoms with Gasteiger partial charge in [-0.05, 0) is 61.9 Å². The second-order valence-corrected chi connectivity index (χ2v) is 11.8. The lowest BCUT2D eigenvalue weighted by molar-refractivity contribution is -0.425. The highest BCUT2D eigenvalue weighted by molar-refractivity contribution is 6.31. The number of benzene rings is 2. The molecule has 0 radical (unpaired) electrons. The molecule has 6 heteroatoms. The third-order valence-electron chi connectivity index (χ3n) is 7.87. The van der Waals surface area contributed by atoms with Gasteiger partial charge in [0.05, 0.1) is 5.41 Å². The Kier molecular flexibility index (Phi) is 6.32. The molecule has 0 bridgehead atoms. The van der Waals surface area contributed by atoms with Crippen LogP contribution >= 0.6 is 23.2 Å². The molecule has 1 aliphatic carbocycles. The fourth-order valence-corrected chi connectivity index (χ4v) is 6.18. The van der Waals surface area contributed by atoms with Crippen LogP contribution in [0, 0.1) is 0 Å². The molecule has 5 rings (SSSR count). The van der Waals surface area contributed by atoms with Gasteiger partial charge in [-0.2, -0.15) is 4.58 Å². The molecule has 0 N–H and O–H groups in total. The minimum Gasteiger partial charge on any atom is -0.871 e. The van der Waals surface area contributed by atoms with Gasteiger partial charge in [0.15, 0.2) is 18.0 Å². The van der Waals surface area contributed by atoms with Crippen LogP contribution in [0.2, 0.25) is 10.0 Å². The van der Waals surface area contributed by atoms with E-state index in [4.69, 9.17) is 23.2 Å². The Morgan fingerprint density at radius 2 is 1.61 bits per heavy atom. The molecule has 194 valence electrons. The van der Waals surface area contributed by atoms with Crippen LogP contribution in [0.3, 0.4) is 0 Å². The Hall–Kier alpha value is -3.34. The van der Waals surface area contributed by atoms with Crippen molar-refractivity contribution in [1.29, 1.82) is 0 Å². The molecule has 2 aromatic carbocycles. The van der Waals surface area contributed by atoms with Crippen LogP contribution in [-0.2, 0) is 15.6 Å². The summed E-state index contributed by atoms with van der Waals surface area (Å²) >= 11 is 12.6. The second-order valence-electron chi connectivity index (χ2n) is 10.9. The molecule has 38 heavy (non-hydrogen) atoms. The minimum atomic E-state index is -0.444. The van der Waals surface area contributed by atoms with Crippen LogP contribution in [0.5, 0.6) is 0 Å². The lowest BCUT2D eigenvalue weighted by Gasteiger charge is -2.32. The van der Waals surface area contributed by atoms with Gasteiger partial charge in [-0.1, -0.05) is 55.5 Å². The summed E-state index contributed by atoms with van der Waals surface area (Å²) in [5.41, 5.74) is 5.34. The number of rotatable bonds is 6. The number of Topliss-reactive ketones (excluding diaryl/α,β-unsaturated/α-hetero) is 1. The molecule has 0 saturated carbocycles. The van der Waals surface area contributed by atoms with Gasteiger partial charge in [0, 0.05) is 62.2 Å². The van der Waals surface area contributed by atoms with Gasteiger partial charge < -0.3 is 10.0 Å². The predicted octanol–water partition coefficient (Wildman–Crippen LogP) is 6.55. The molecule has 2 heterocycles. The van der Waals surface area contributed by atoms with Crippen LogP contribution in [0.4, 0.5) is 11.4 Å². The van der Waals surface area contributed by atoms with Crippen molar-refractivity contribution in [3.05, 3.63) is 118 Å². The first-order chi connectivity index (χ1) is 17.9. The maximum Gasteiger partial charge on any atom is 0.210 e. The van der Waals surface area contributed by atoms with Gasteiger partial charge in [0.2, 0.25) is 5.69 Å². The van der Waals surface area contributed by atoms with Gasteiger partial charge >= 0.3 is 0 Å². The summed E-state index contributed by atoms with van der Waals surface area (Å²) < 4.78 is 2.09. The lowest BCUT2D eigenvalue weighted by atomic mass is 9.77. The van der Waals surface area contributed by atoms with E-state index in [0.29, 0.717) is 23.1 Å². The first-order valence-corrected chi connectivity index (χ1v) is 13.3. The molecular formula is C32H30Cl2N2O2. The Balaban J connectivity index is 1.60. The monoisotopic (exact) mass is 544 g/mol. The number of carbonyl (C=O) groups is 1. The van der Waals surface area contributed by atoms with Crippen LogP contribution in [0.1, 0.15) is 38.8 Å². The van der Waals surface area contributed by atoms with Crippen molar-refractivity contribution in [2.75, 3.05) is 18.0 Å². The van der Waals surface area contributed by atoms with Crippen LogP contribution in [0.15, 0.2) is 96.5 Å². The van der Waals surface area contributed by atoms with E-state index in [-0.39, 0.29) is 22.7 Å². The standard InChI is InChI=1S/C32H30Cl2N2O2/c1-7-13-35-25-11-9-19(33)15-23(25)31(3,4)27(35)17-21-29(37)22(30(21)38)18-28-32(5,6)24-16-20(34)10-12-26(24)36(28)14-8-2/h7-12,15-18H,1-2,13-14H2,3-6H3. The zero-order valence-electron chi connectivity index (χ0n) is 22.1. The zero-order valence-corrected chi connectivity index (χ0v) is 23.6. The molecule has 0 fully saturated rings. The van der Waals surface area contributed by atoms with E-state index in [2.05, 4.69) is 50.3 Å². The first kappa shape index (κ1) is 26.3. The van der Waals surface area contributed by atoms with Crippen molar-refractivity contribution < 1.29 is 14.5 Å². The summed E-state index contributed by atoms with van der Waals surface area (Å²) in [5.74, 6) is -0.497. The Labute approximate surface area is 234 Å². The third-order valence-corrected chi connectivity index (χ3v) is 8.34. The van der Waals surface area contributed by atoms with Gasteiger partial charge in [-0.3, -0.25) is 4.79 Å². The number of hydrogen-bond acceptors (Lipinski definition) is 3. The third kappa shape index (κ3) is 3.81. The van der Waals surface area contributed by atoms with Gasteiger partial charge in [0.1, 0.15) is 0 Å². The van der Waals surface area contributed by atoms with E-state index in [0.717, 1.165) is 33.9 Å². The Bertz CT molecular complexity index is 1550. The number of halogens is 2. The molecule has 0 amide bonds. The highest BCUT2D eigenvalue weighted by Crippen LogP contribution is 2.50. The van der Waals surface area contributed by atoms with Crippen molar-refractivity contribution >= 4 is 46.1 Å². The first-order valence-electron chi connectivity index (χ1n) is 12.6. The van der Waals surface area contributed by atoms with E-state index < -0.39 is 10.8 Å². The maximum atomic E-state index is 13.4. The van der Waals surface area contributed by atoms with Crippen LogP contribution in [0.25, 0.3) is 0 Å². The van der Waals surface area contributed by atoms with Gasteiger partial charge in [-0.25, -0.2) is 0 Å². The molecule has 4 nitrogen and oxygen atoms in total. The number of nitrogens with zero attached hydrogens (tertiary/aromatic N) is 2. The van der Waals surface area contributed by atoms with E-state index in [1.165, 1.54) is 0 Å². The zero-order chi connectivity index (χ0) is 27.6. The van der Waals surface area contributed by atoms with Crippen LogP contribution < -0.4 is 10.0 Å². The maximum absolute atomic E-state index is 13.4. The molecule has 0 atom stereocenters. The van der Waals surface area contributed by atoms with Crippen molar-refractivity contribution in [3.8, 4) is 0 Å². The van der Waals surface area contributed by atoms with Crippen molar-refractivity contribution in [2.45, 2.75) is 38.5 Å². The fraction of sp³-hybridized carbons (Fsp3) is 0.250. The summed E-state index contributed by atoms with van der Waals surface area (Å²) in [6, 6.07) is 11.5. The number of hydrogen-bond donors (Lipinski definition) is 0. The number of ketones is 1. The number of carbonyl (C=O) groups excluding carboxylic acids is 1. The van der Waals surface area contributed by atoms with E-state index in [1.54, 1.807) is 12.2 Å². The Morgan fingerprint density at radius 1 is 0.947 bits per heavy atom. The molecule has 0 saturated heterocycles. The lowest BCUT2D eigenvalue weighted by Crippen LogP contribution is -2.35. The molecule has 2 aliphatic heterocycles. The number of fused-ring (bicyclic) bond motifs is 2. The highest BCUT2D eigenvalue weighted by Gasteiger charge is 2.46. The quantitative estimate of drug-likeness (QED) is 0.235. The highest BCUT2D eigenvalue weighted by atomic mass is 35.5. The van der Waals surface area contributed by atoms with Crippen molar-refractivity contribution in [1.82, 2.24) is 0 Å². The summed E-state index contributed by atoms with van der Waals surface area (Å²) in [4.78, 5) is 15.5. The van der Waals surface area contributed by atoms with Crippen LogP contribution in [-0.4, -0.2) is 29.2 Å². The summed E-state index contributed by atoms with van der Waals surface area (Å²) in [6.45, 7) is 17.2. The summed E-state index contributed by atoms with van der Waals surface area (Å²) in [6.07, 6.45) is 7.12. The normalized spacial score (nSPS) is 21.2. The molecular weight excluding hydrogens is 515 g/mol. The molecule has 0 unspecified atom stereocenters. The molecule has 3 aliphatic rings. The fourth-order valence-electron chi connectivity index (χ4n) is 5.84. The average Bonchev–Trinajstić information content (AvgIpc) is 3.19. The van der Waals surface area contributed by atoms with Gasteiger partial charge in [0.25, 0.3) is 0 Å². The molecule has 0 aromatic heterocycles. The smallest absolute Gasteiger partial charge is 0.210 e. The minimum absolute atomic E-state index is 0.194. The van der Waals surface area contributed by atoms with Gasteiger partial charge in [-0.15, -0.1) is 6.58 Å². The topological polar surface area (TPSA) is 46.4 Å². The van der Waals surface area contributed by atoms with Crippen molar-refractivity contribution in [3.63, 3.8) is 0 Å². The van der Waals surface area contributed by atoms with Crippen molar-refractivity contribution in [2.24, 2.45) is 0 Å². The second kappa shape index (κ2) is 9.14. The summed E-state index contributed by atoms with van der Waals surface area (Å²) in [7, 11) is 0. The molecule has 2 aromatic rings. The van der Waals surface area contributed by atoms with E-state index in [1.807, 2.05) is 48.6 Å². The number of allylic oxidation sites excluding steroid dienone is 5. The SMILES string of the molecule is C=CCN1/C(=C\C2=C([O-])C(=C/C3=[N+](CC=C)c4ccc(Cl)cc4C3(C)C)/C2=O)C(C)(C)c2cc(Cl)ccc21.